The molecule has 0 unspecified atom stereocenters. The average Bonchev–Trinajstić information content (AvgIpc) is 3.28. The van der Waals surface area contributed by atoms with Crippen LogP contribution in [0.2, 0.25) is 5.02 Å². The number of halogens is 4. The Labute approximate surface area is 204 Å². The number of aryl methyl sites for hydroxylation is 1. The maximum atomic E-state index is 15.8. The van der Waals surface area contributed by atoms with Gasteiger partial charge in [-0.2, -0.15) is 4.98 Å². The number of nitrogens with zero attached hydrogens (tertiary/aromatic N) is 4. The monoisotopic (exact) mass is 508 g/mol. The highest BCUT2D eigenvalue weighted by Gasteiger charge is 2.40. The number of alkyl halides is 3. The average molecular weight is 509 g/mol. The summed E-state index contributed by atoms with van der Waals surface area (Å²) in [6.07, 6.45) is 1.50. The minimum Gasteiger partial charge on any atom is -0.388 e. The van der Waals surface area contributed by atoms with E-state index in [1.807, 2.05) is 0 Å². The standard InChI is InChI=1S/C23H24ClF3N6O2/c1-13-9-15(3-4-16(13)22(2,25)26)30-21(28)33-7-5-23(27,6-8-33)19-17(24)10-14(11-29-19)20-31-18(12-34)32-35-20/h3-4,9-11,34H,5-8,12H2,1-2H3,(H2,28,30). The van der Waals surface area contributed by atoms with Gasteiger partial charge in [-0.3, -0.25) is 10.4 Å². The van der Waals surface area contributed by atoms with Crippen LogP contribution in [0.4, 0.5) is 18.9 Å². The van der Waals surface area contributed by atoms with Crippen LogP contribution in [0.15, 0.2) is 35.0 Å². The molecule has 0 bridgehead atoms. The summed E-state index contributed by atoms with van der Waals surface area (Å²) in [5.74, 6) is -2.68. The van der Waals surface area contributed by atoms with E-state index < -0.39 is 11.6 Å². The molecule has 1 aliphatic rings. The maximum absolute atomic E-state index is 15.8. The number of aliphatic hydroxyl groups is 1. The number of piperidine rings is 1. The molecule has 35 heavy (non-hydrogen) atoms. The molecule has 1 aromatic carbocycles. The largest absolute Gasteiger partial charge is 0.388 e. The number of pyridine rings is 1. The molecule has 0 amide bonds. The van der Waals surface area contributed by atoms with E-state index in [4.69, 9.17) is 26.6 Å². The Morgan fingerprint density at radius 1 is 1.31 bits per heavy atom. The summed E-state index contributed by atoms with van der Waals surface area (Å²) in [6, 6.07) is 5.88. The fraction of sp³-hybridized carbons (Fsp3) is 0.391. The van der Waals surface area contributed by atoms with Gasteiger partial charge in [-0.25, -0.2) is 13.2 Å². The quantitative estimate of drug-likeness (QED) is 0.328. The Balaban J connectivity index is 1.41. The number of nitrogens with one attached hydrogen (secondary N) is 2. The van der Waals surface area contributed by atoms with Crippen molar-refractivity contribution in [3.63, 3.8) is 0 Å². The van der Waals surface area contributed by atoms with Gasteiger partial charge in [0.2, 0.25) is 0 Å². The van der Waals surface area contributed by atoms with Crippen molar-refractivity contribution in [2.24, 2.45) is 0 Å². The molecule has 1 saturated heterocycles. The highest BCUT2D eigenvalue weighted by atomic mass is 35.5. The summed E-state index contributed by atoms with van der Waals surface area (Å²) >= 11 is 6.35. The number of rotatable bonds is 5. The summed E-state index contributed by atoms with van der Waals surface area (Å²) < 4.78 is 48.1. The minimum atomic E-state index is -2.95. The van der Waals surface area contributed by atoms with Gasteiger partial charge in [-0.05, 0) is 30.7 Å². The van der Waals surface area contributed by atoms with Crippen molar-refractivity contribution in [2.75, 3.05) is 18.4 Å². The number of benzene rings is 1. The molecule has 0 aliphatic carbocycles. The predicted molar refractivity (Wildman–Crippen MR) is 124 cm³/mol. The lowest BCUT2D eigenvalue weighted by Crippen LogP contribution is -2.45. The first kappa shape index (κ1) is 24.9. The summed E-state index contributed by atoms with van der Waals surface area (Å²) in [7, 11) is 0. The molecule has 186 valence electrons. The first-order chi connectivity index (χ1) is 16.5. The van der Waals surface area contributed by atoms with Gasteiger partial charge in [0.15, 0.2) is 17.5 Å². The Hall–Kier alpha value is -3.18. The lowest BCUT2D eigenvalue weighted by atomic mass is 9.89. The molecule has 0 saturated carbocycles. The van der Waals surface area contributed by atoms with Crippen molar-refractivity contribution in [2.45, 2.75) is 44.9 Å². The zero-order chi connectivity index (χ0) is 25.4. The van der Waals surface area contributed by atoms with Crippen molar-refractivity contribution in [1.82, 2.24) is 20.0 Å². The van der Waals surface area contributed by atoms with E-state index >= 15 is 4.39 Å². The van der Waals surface area contributed by atoms with Gasteiger partial charge in [-0.1, -0.05) is 22.8 Å². The first-order valence-electron chi connectivity index (χ1n) is 10.9. The molecular weight excluding hydrogens is 485 g/mol. The number of aliphatic hydroxyl groups excluding tert-OH is 1. The van der Waals surface area contributed by atoms with Gasteiger partial charge in [0.1, 0.15) is 6.61 Å². The normalized spacial score (nSPS) is 15.8. The molecule has 3 heterocycles. The second-order valence-electron chi connectivity index (χ2n) is 8.57. The smallest absolute Gasteiger partial charge is 0.270 e. The second kappa shape index (κ2) is 9.46. The topological polar surface area (TPSA) is 111 Å². The van der Waals surface area contributed by atoms with E-state index in [2.05, 4.69) is 20.4 Å². The van der Waals surface area contributed by atoms with E-state index in [1.54, 1.807) is 17.9 Å². The third-order valence-electron chi connectivity index (χ3n) is 5.96. The highest BCUT2D eigenvalue weighted by Crippen LogP contribution is 2.40. The third kappa shape index (κ3) is 5.25. The molecule has 0 spiro atoms. The van der Waals surface area contributed by atoms with Gasteiger partial charge in [0.05, 0.1) is 16.3 Å². The van der Waals surface area contributed by atoms with Crippen molar-refractivity contribution in [3.05, 3.63) is 58.1 Å². The van der Waals surface area contributed by atoms with Crippen LogP contribution in [-0.2, 0) is 18.2 Å². The fourth-order valence-corrected chi connectivity index (χ4v) is 4.43. The molecule has 0 radical (unpaired) electrons. The van der Waals surface area contributed by atoms with E-state index in [9.17, 15) is 8.78 Å². The molecule has 4 rings (SSSR count). The highest BCUT2D eigenvalue weighted by molar-refractivity contribution is 6.31. The number of likely N-dealkylation sites (tertiary alicyclic amines) is 1. The predicted octanol–water partition coefficient (Wildman–Crippen LogP) is 5.00. The van der Waals surface area contributed by atoms with Crippen LogP contribution in [0.3, 0.4) is 0 Å². The van der Waals surface area contributed by atoms with Gasteiger partial charge < -0.3 is 19.8 Å². The molecule has 3 N–H and O–H groups in total. The summed E-state index contributed by atoms with van der Waals surface area (Å²) in [6.45, 7) is 2.52. The SMILES string of the molecule is Cc1cc(NC(=N)N2CCC(F)(c3ncc(-c4nc(CO)no4)cc3Cl)CC2)ccc1C(C)(F)F. The summed E-state index contributed by atoms with van der Waals surface area (Å²) in [4.78, 5) is 9.88. The maximum Gasteiger partial charge on any atom is 0.270 e. The van der Waals surface area contributed by atoms with Crippen LogP contribution < -0.4 is 5.32 Å². The molecule has 12 heteroatoms. The Morgan fingerprint density at radius 3 is 2.60 bits per heavy atom. The second-order valence-corrected chi connectivity index (χ2v) is 8.98. The summed E-state index contributed by atoms with van der Waals surface area (Å²) in [5, 5.41) is 24.0. The molecule has 1 fully saturated rings. The van der Waals surface area contributed by atoms with Crippen LogP contribution in [0.5, 0.6) is 0 Å². The number of hydrogen-bond donors (Lipinski definition) is 3. The molecule has 3 aromatic rings. The lowest BCUT2D eigenvalue weighted by Gasteiger charge is -2.37. The molecular formula is C23H24ClF3N6O2. The van der Waals surface area contributed by atoms with Gasteiger partial charge in [0, 0.05) is 50.3 Å². The molecule has 0 atom stereocenters. The van der Waals surface area contributed by atoms with Crippen molar-refractivity contribution >= 4 is 23.2 Å². The van der Waals surface area contributed by atoms with E-state index in [1.165, 1.54) is 24.4 Å². The van der Waals surface area contributed by atoms with Crippen LogP contribution in [-0.4, -0.2) is 44.2 Å². The number of hydrogen-bond acceptors (Lipinski definition) is 6. The van der Waals surface area contributed by atoms with E-state index in [-0.39, 0.29) is 66.5 Å². The third-order valence-corrected chi connectivity index (χ3v) is 6.24. The number of aromatic nitrogens is 3. The van der Waals surface area contributed by atoms with E-state index in [0.717, 1.165) is 6.92 Å². The molecule has 2 aromatic heterocycles. The molecule has 8 nitrogen and oxygen atoms in total. The van der Waals surface area contributed by atoms with Crippen LogP contribution in [0, 0.1) is 12.3 Å². The van der Waals surface area contributed by atoms with Crippen LogP contribution in [0.25, 0.3) is 11.5 Å². The van der Waals surface area contributed by atoms with Crippen LogP contribution in [0.1, 0.15) is 42.4 Å². The van der Waals surface area contributed by atoms with E-state index in [0.29, 0.717) is 16.8 Å². The van der Waals surface area contributed by atoms with Crippen molar-refractivity contribution in [3.8, 4) is 11.5 Å². The zero-order valence-electron chi connectivity index (χ0n) is 19.1. The Morgan fingerprint density at radius 2 is 2.03 bits per heavy atom. The Bertz CT molecular complexity index is 1240. The fourth-order valence-electron chi connectivity index (χ4n) is 4.09. The minimum absolute atomic E-state index is 0.0490. The van der Waals surface area contributed by atoms with Crippen LogP contribution >= 0.6 is 11.6 Å². The van der Waals surface area contributed by atoms with Crippen molar-refractivity contribution < 1.29 is 22.8 Å². The number of guanidine groups is 1. The Kier molecular flexibility index (Phi) is 6.74. The van der Waals surface area contributed by atoms with Gasteiger partial charge in [-0.15, -0.1) is 0 Å². The van der Waals surface area contributed by atoms with Crippen molar-refractivity contribution in [1.29, 1.82) is 5.41 Å². The summed E-state index contributed by atoms with van der Waals surface area (Å²) in [5.41, 5.74) is -0.450. The first-order valence-corrected chi connectivity index (χ1v) is 11.3. The molecule has 1 aliphatic heterocycles. The zero-order valence-corrected chi connectivity index (χ0v) is 19.8. The van der Waals surface area contributed by atoms with Gasteiger partial charge >= 0.3 is 0 Å². The van der Waals surface area contributed by atoms with Gasteiger partial charge in [0.25, 0.3) is 11.8 Å². The lowest BCUT2D eigenvalue weighted by molar-refractivity contribution is 0.0168. The number of anilines is 1.